The van der Waals surface area contributed by atoms with Gasteiger partial charge in [0.05, 0.1) is 6.10 Å². The lowest BCUT2D eigenvalue weighted by Gasteiger charge is -2.26. The molecule has 1 aromatic rings. The Hall–Kier alpha value is -1.39. The molecule has 0 spiro atoms. The third-order valence-electron chi connectivity index (χ3n) is 3.27. The quantitative estimate of drug-likeness (QED) is 0.752. The Morgan fingerprint density at radius 1 is 1.47 bits per heavy atom. The van der Waals surface area contributed by atoms with E-state index in [1.807, 2.05) is 38.1 Å². The van der Waals surface area contributed by atoms with Gasteiger partial charge in [0.25, 0.3) is 5.91 Å². The number of hydrogen-bond donors (Lipinski definition) is 0. The average molecular weight is 233 g/mol. The molecule has 1 saturated heterocycles. The van der Waals surface area contributed by atoms with Gasteiger partial charge in [-0.2, -0.15) is 5.06 Å². The fourth-order valence-corrected chi connectivity index (χ4v) is 2.06. The number of hydrogen-bond acceptors (Lipinski definition) is 3. The van der Waals surface area contributed by atoms with E-state index < -0.39 is 0 Å². The molecule has 3 unspecified atom stereocenters. The van der Waals surface area contributed by atoms with Crippen LogP contribution in [0.5, 0.6) is 0 Å². The van der Waals surface area contributed by atoms with Gasteiger partial charge in [0.1, 0.15) is 6.10 Å². The summed E-state index contributed by atoms with van der Waals surface area (Å²) in [4.78, 5) is 17.8. The van der Waals surface area contributed by atoms with E-state index in [2.05, 4.69) is 0 Å². The Morgan fingerprint density at radius 2 is 2.24 bits per heavy atom. The van der Waals surface area contributed by atoms with E-state index in [0.717, 1.165) is 12.0 Å². The minimum atomic E-state index is -0.230. The molecule has 0 bridgehead atoms. The fraction of sp³-hybridized carbons (Fsp3) is 0.462. The predicted octanol–water partition coefficient (Wildman–Crippen LogP) is 2.27. The smallest absolute Gasteiger partial charge is 0.280 e. The van der Waals surface area contributed by atoms with Crippen LogP contribution >= 0.6 is 0 Å². The summed E-state index contributed by atoms with van der Waals surface area (Å²) >= 11 is 0. The van der Waals surface area contributed by atoms with Crippen molar-refractivity contribution < 1.29 is 14.4 Å². The predicted molar refractivity (Wildman–Crippen MR) is 61.1 cm³/mol. The molecule has 3 rings (SSSR count). The van der Waals surface area contributed by atoms with Crippen LogP contribution in [0.25, 0.3) is 0 Å². The molecule has 0 aliphatic carbocycles. The molecule has 2 aliphatic rings. The molecule has 4 nitrogen and oxygen atoms in total. The second kappa shape index (κ2) is 3.82. The normalized spacial score (nSPS) is 27.4. The minimum Gasteiger partial charge on any atom is -0.340 e. The third kappa shape index (κ3) is 1.64. The minimum absolute atomic E-state index is 0.00652. The summed E-state index contributed by atoms with van der Waals surface area (Å²) in [5, 5.41) is 1.39. The van der Waals surface area contributed by atoms with Gasteiger partial charge in [-0.25, -0.2) is 0 Å². The highest BCUT2D eigenvalue weighted by atomic mass is 16.8. The zero-order chi connectivity index (χ0) is 12.0. The zero-order valence-corrected chi connectivity index (χ0v) is 9.92. The van der Waals surface area contributed by atoms with Crippen molar-refractivity contribution in [2.24, 2.45) is 0 Å². The molecule has 1 fully saturated rings. The Kier molecular flexibility index (Phi) is 2.42. The lowest BCUT2D eigenvalue weighted by molar-refractivity contribution is -0.180. The van der Waals surface area contributed by atoms with Crippen LogP contribution in [-0.2, 0) is 9.57 Å². The van der Waals surface area contributed by atoms with Crippen LogP contribution < -0.4 is 0 Å². The van der Waals surface area contributed by atoms with Crippen LogP contribution in [0.2, 0.25) is 0 Å². The summed E-state index contributed by atoms with van der Waals surface area (Å²) in [5.74, 6) is -0.0975. The number of carbonyl (C=O) groups is 1. The molecule has 0 aromatic heterocycles. The highest BCUT2D eigenvalue weighted by molar-refractivity contribution is 5.97. The molecule has 1 amide bonds. The van der Waals surface area contributed by atoms with Crippen LogP contribution in [-0.4, -0.2) is 23.3 Å². The molecule has 17 heavy (non-hydrogen) atoms. The van der Waals surface area contributed by atoms with Crippen LogP contribution in [0.3, 0.4) is 0 Å². The standard InChI is InChI=1S/C13H15NO3/c1-3-8(2)17-14-12(15)10-7-5-4-6-9(10)11-13(14)16-11/h4-8,11,13H,3H2,1-2H3. The SMILES string of the molecule is CCC(C)ON1C(=O)c2ccccc2C2OC21. The number of epoxide rings is 1. The molecule has 0 N–H and O–H groups in total. The summed E-state index contributed by atoms with van der Waals surface area (Å²) in [6.07, 6.45) is 0.649. The van der Waals surface area contributed by atoms with Crippen molar-refractivity contribution in [3.05, 3.63) is 35.4 Å². The van der Waals surface area contributed by atoms with Crippen molar-refractivity contribution in [1.29, 1.82) is 0 Å². The van der Waals surface area contributed by atoms with Crippen molar-refractivity contribution in [2.75, 3.05) is 0 Å². The number of nitrogens with zero attached hydrogens (tertiary/aromatic N) is 1. The molecule has 90 valence electrons. The Labute approximate surface area is 100 Å². The second-order valence-electron chi connectivity index (χ2n) is 4.49. The lowest BCUT2D eigenvalue weighted by Crippen LogP contribution is -2.39. The number of rotatable bonds is 3. The van der Waals surface area contributed by atoms with Crippen LogP contribution in [0.4, 0.5) is 0 Å². The third-order valence-corrected chi connectivity index (χ3v) is 3.27. The van der Waals surface area contributed by atoms with E-state index in [4.69, 9.17) is 9.57 Å². The Bertz CT molecular complexity index is 460. The molecule has 1 aromatic carbocycles. The summed E-state index contributed by atoms with van der Waals surface area (Å²) in [6.45, 7) is 3.98. The number of benzene rings is 1. The van der Waals surface area contributed by atoms with Crippen molar-refractivity contribution in [2.45, 2.75) is 38.7 Å². The first-order valence-corrected chi connectivity index (χ1v) is 5.97. The van der Waals surface area contributed by atoms with Gasteiger partial charge >= 0.3 is 0 Å². The monoisotopic (exact) mass is 233 g/mol. The largest absolute Gasteiger partial charge is 0.340 e. The van der Waals surface area contributed by atoms with Gasteiger partial charge in [-0.05, 0) is 25.0 Å². The first-order chi connectivity index (χ1) is 8.22. The second-order valence-corrected chi connectivity index (χ2v) is 4.49. The molecular formula is C13H15NO3. The Morgan fingerprint density at radius 3 is 3.00 bits per heavy atom. The molecule has 2 aliphatic heterocycles. The zero-order valence-electron chi connectivity index (χ0n) is 9.92. The van der Waals surface area contributed by atoms with Gasteiger partial charge < -0.3 is 4.74 Å². The summed E-state index contributed by atoms with van der Waals surface area (Å²) in [7, 11) is 0. The summed E-state index contributed by atoms with van der Waals surface area (Å²) in [5.41, 5.74) is 1.67. The van der Waals surface area contributed by atoms with Crippen LogP contribution in [0.15, 0.2) is 24.3 Å². The maximum absolute atomic E-state index is 12.2. The molecule has 0 radical (unpaired) electrons. The lowest BCUT2D eigenvalue weighted by atomic mass is 10.0. The topological polar surface area (TPSA) is 42.1 Å². The summed E-state index contributed by atoms with van der Waals surface area (Å²) < 4.78 is 5.51. The number of carbonyl (C=O) groups excluding carboxylic acids is 1. The number of amides is 1. The van der Waals surface area contributed by atoms with Crippen molar-refractivity contribution in [3.63, 3.8) is 0 Å². The van der Waals surface area contributed by atoms with Crippen LogP contribution in [0, 0.1) is 0 Å². The van der Waals surface area contributed by atoms with Crippen molar-refractivity contribution in [3.8, 4) is 0 Å². The molecule has 3 atom stereocenters. The first kappa shape index (κ1) is 10.7. The van der Waals surface area contributed by atoms with Gasteiger partial charge in [-0.15, -0.1) is 0 Å². The maximum atomic E-state index is 12.2. The van der Waals surface area contributed by atoms with Crippen molar-refractivity contribution in [1.82, 2.24) is 5.06 Å². The van der Waals surface area contributed by atoms with Gasteiger partial charge in [-0.3, -0.25) is 9.63 Å². The van der Waals surface area contributed by atoms with Crippen LogP contribution in [0.1, 0.15) is 42.3 Å². The average Bonchev–Trinajstić information content (AvgIpc) is 3.14. The molecule has 2 heterocycles. The van der Waals surface area contributed by atoms with E-state index in [1.54, 1.807) is 0 Å². The highest BCUT2D eigenvalue weighted by Crippen LogP contribution is 2.47. The number of hydroxylamine groups is 2. The number of fused-ring (bicyclic) bond motifs is 3. The Balaban J connectivity index is 1.89. The van der Waals surface area contributed by atoms with Crippen molar-refractivity contribution >= 4 is 5.91 Å². The molecular weight excluding hydrogens is 218 g/mol. The van der Waals surface area contributed by atoms with Gasteiger partial charge in [0, 0.05) is 5.56 Å². The van der Waals surface area contributed by atoms with Gasteiger partial charge in [0.2, 0.25) is 0 Å². The molecule has 0 saturated carbocycles. The van der Waals surface area contributed by atoms with Gasteiger partial charge in [-0.1, -0.05) is 25.1 Å². The maximum Gasteiger partial charge on any atom is 0.280 e. The van der Waals surface area contributed by atoms with E-state index in [9.17, 15) is 4.79 Å². The molecule has 4 heteroatoms. The van der Waals surface area contributed by atoms with Gasteiger partial charge in [0.15, 0.2) is 6.23 Å². The highest BCUT2D eigenvalue weighted by Gasteiger charge is 2.54. The van der Waals surface area contributed by atoms with E-state index in [0.29, 0.717) is 5.56 Å². The first-order valence-electron chi connectivity index (χ1n) is 5.97. The fourth-order valence-electron chi connectivity index (χ4n) is 2.06. The van der Waals surface area contributed by atoms with E-state index in [-0.39, 0.29) is 24.3 Å². The summed E-state index contributed by atoms with van der Waals surface area (Å²) in [6, 6.07) is 7.55. The van der Waals surface area contributed by atoms with E-state index in [1.165, 1.54) is 5.06 Å². The van der Waals surface area contributed by atoms with E-state index >= 15 is 0 Å². The number of ether oxygens (including phenoxy) is 1.